The fourth-order valence-electron chi connectivity index (χ4n) is 8.40. The Kier molecular flexibility index (Phi) is 53.8. The van der Waals surface area contributed by atoms with E-state index in [1.807, 2.05) is 0 Å². The first-order chi connectivity index (χ1) is 33.0. The average Bonchev–Trinajstić information content (AvgIpc) is 3.33. The molecule has 67 heavy (non-hydrogen) atoms. The summed E-state index contributed by atoms with van der Waals surface area (Å²) in [4.78, 5) is 38.1. The summed E-state index contributed by atoms with van der Waals surface area (Å²) in [7, 11) is 0. The molecule has 0 N–H and O–H groups in total. The average molecular weight is 940 g/mol. The summed E-state index contributed by atoms with van der Waals surface area (Å²) in [6.45, 7) is 6.60. The highest BCUT2D eigenvalue weighted by Crippen LogP contribution is 2.16. The van der Waals surface area contributed by atoms with E-state index in [1.54, 1.807) is 0 Å². The number of carbonyl (C=O) groups excluding carboxylic acids is 3. The molecule has 0 aliphatic heterocycles. The van der Waals surface area contributed by atoms with Gasteiger partial charge in [-0.1, -0.05) is 256 Å². The second-order valence-corrected chi connectivity index (χ2v) is 19.6. The van der Waals surface area contributed by atoms with Crippen molar-refractivity contribution in [3.8, 4) is 0 Å². The van der Waals surface area contributed by atoms with E-state index < -0.39 is 6.10 Å². The van der Waals surface area contributed by atoms with Crippen LogP contribution in [0.25, 0.3) is 0 Å². The monoisotopic (exact) mass is 939 g/mol. The van der Waals surface area contributed by atoms with Gasteiger partial charge in [0.05, 0.1) is 0 Å². The fraction of sp³-hybridized carbons (Fsp3) is 0.820. The molecule has 1 atom stereocenters. The van der Waals surface area contributed by atoms with Crippen molar-refractivity contribution in [3.63, 3.8) is 0 Å². The number of allylic oxidation sites excluding steroid dienone is 8. The lowest BCUT2D eigenvalue weighted by Crippen LogP contribution is -2.30. The van der Waals surface area contributed by atoms with Crippen molar-refractivity contribution >= 4 is 17.9 Å². The van der Waals surface area contributed by atoms with E-state index in [4.69, 9.17) is 14.2 Å². The van der Waals surface area contributed by atoms with Gasteiger partial charge in [0.1, 0.15) is 13.2 Å². The van der Waals surface area contributed by atoms with E-state index in [-0.39, 0.29) is 37.5 Å². The molecule has 0 aromatic rings. The Balaban J connectivity index is 4.40. The van der Waals surface area contributed by atoms with Gasteiger partial charge in [-0.15, -0.1) is 0 Å². The molecule has 0 saturated carbocycles. The molecule has 0 aromatic carbocycles. The van der Waals surface area contributed by atoms with Gasteiger partial charge in [0.15, 0.2) is 6.10 Å². The molecule has 0 aliphatic carbocycles. The summed E-state index contributed by atoms with van der Waals surface area (Å²) in [5.41, 5.74) is 0. The third kappa shape index (κ3) is 54.2. The zero-order chi connectivity index (χ0) is 48.6. The number of hydrogen-bond acceptors (Lipinski definition) is 6. The quantitative estimate of drug-likeness (QED) is 0.0262. The third-order valence-corrected chi connectivity index (χ3v) is 12.8. The molecule has 0 bridgehead atoms. The number of esters is 3. The molecule has 390 valence electrons. The maximum Gasteiger partial charge on any atom is 0.306 e. The number of ether oxygens (including phenoxy) is 3. The zero-order valence-electron chi connectivity index (χ0n) is 44.7. The van der Waals surface area contributed by atoms with Gasteiger partial charge in [0, 0.05) is 19.3 Å². The van der Waals surface area contributed by atoms with Crippen LogP contribution in [-0.2, 0) is 28.6 Å². The minimum Gasteiger partial charge on any atom is -0.462 e. The van der Waals surface area contributed by atoms with Gasteiger partial charge in [-0.25, -0.2) is 0 Å². The van der Waals surface area contributed by atoms with Gasteiger partial charge in [0.2, 0.25) is 0 Å². The van der Waals surface area contributed by atoms with Crippen molar-refractivity contribution in [1.29, 1.82) is 0 Å². The topological polar surface area (TPSA) is 78.9 Å². The first kappa shape index (κ1) is 64.4. The van der Waals surface area contributed by atoms with Crippen LogP contribution >= 0.6 is 0 Å². The Morgan fingerprint density at radius 3 is 0.910 bits per heavy atom. The minimum absolute atomic E-state index is 0.0926. The van der Waals surface area contributed by atoms with E-state index in [2.05, 4.69) is 69.4 Å². The molecule has 6 heteroatoms. The molecule has 0 aromatic heterocycles. The van der Waals surface area contributed by atoms with Crippen molar-refractivity contribution in [1.82, 2.24) is 0 Å². The van der Waals surface area contributed by atoms with Crippen molar-refractivity contribution in [3.05, 3.63) is 48.6 Å². The van der Waals surface area contributed by atoms with Crippen LogP contribution in [0.4, 0.5) is 0 Å². The van der Waals surface area contributed by atoms with Gasteiger partial charge in [-0.2, -0.15) is 0 Å². The van der Waals surface area contributed by atoms with Crippen LogP contribution < -0.4 is 0 Å². The van der Waals surface area contributed by atoms with Crippen LogP contribution in [0.1, 0.15) is 303 Å². The highest BCUT2D eigenvalue weighted by molar-refractivity contribution is 5.71. The summed E-state index contributed by atoms with van der Waals surface area (Å²) < 4.78 is 16.8. The van der Waals surface area contributed by atoms with Crippen LogP contribution in [0.5, 0.6) is 0 Å². The van der Waals surface area contributed by atoms with Crippen LogP contribution in [0.2, 0.25) is 0 Å². The molecular weight excluding hydrogens is 829 g/mol. The first-order valence-corrected chi connectivity index (χ1v) is 29.1. The number of unbranched alkanes of at least 4 members (excludes halogenated alkanes) is 34. The molecule has 0 radical (unpaired) electrons. The fourth-order valence-corrected chi connectivity index (χ4v) is 8.40. The largest absolute Gasteiger partial charge is 0.462 e. The minimum atomic E-state index is -0.800. The maximum absolute atomic E-state index is 12.8. The molecule has 0 heterocycles. The Bertz CT molecular complexity index is 1170. The third-order valence-electron chi connectivity index (χ3n) is 12.8. The number of hydrogen-bond donors (Lipinski definition) is 0. The number of rotatable bonds is 53. The summed E-state index contributed by atoms with van der Waals surface area (Å²) >= 11 is 0. The molecule has 0 rings (SSSR count). The normalized spacial score (nSPS) is 12.3. The van der Waals surface area contributed by atoms with Crippen LogP contribution in [-0.4, -0.2) is 37.2 Å². The van der Waals surface area contributed by atoms with Gasteiger partial charge < -0.3 is 14.2 Å². The van der Waals surface area contributed by atoms with Gasteiger partial charge in [-0.3, -0.25) is 14.4 Å². The van der Waals surface area contributed by atoms with Gasteiger partial charge in [0.25, 0.3) is 0 Å². The molecule has 0 saturated heterocycles. The molecule has 6 nitrogen and oxygen atoms in total. The lowest BCUT2D eigenvalue weighted by Gasteiger charge is -2.18. The molecule has 0 fully saturated rings. The number of carbonyl (C=O) groups is 3. The zero-order valence-corrected chi connectivity index (χ0v) is 44.7. The van der Waals surface area contributed by atoms with E-state index in [9.17, 15) is 14.4 Å². The lowest BCUT2D eigenvalue weighted by atomic mass is 10.0. The molecule has 0 spiro atoms. The smallest absolute Gasteiger partial charge is 0.306 e. The highest BCUT2D eigenvalue weighted by atomic mass is 16.6. The van der Waals surface area contributed by atoms with Crippen molar-refractivity contribution in [2.45, 2.75) is 309 Å². The summed E-state index contributed by atoms with van der Waals surface area (Å²) in [6.07, 6.45) is 68.3. The van der Waals surface area contributed by atoms with Gasteiger partial charge >= 0.3 is 17.9 Å². The summed E-state index contributed by atoms with van der Waals surface area (Å²) in [5.74, 6) is -0.940. The van der Waals surface area contributed by atoms with Crippen molar-refractivity contribution < 1.29 is 28.6 Å². The second-order valence-electron chi connectivity index (χ2n) is 19.6. The molecule has 0 unspecified atom stereocenters. The molecular formula is C61H110O6. The summed E-state index contributed by atoms with van der Waals surface area (Å²) in [6, 6.07) is 0. The predicted octanol–water partition coefficient (Wildman–Crippen LogP) is 19.4. The van der Waals surface area contributed by atoms with Crippen LogP contribution in [0.15, 0.2) is 48.6 Å². The van der Waals surface area contributed by atoms with Gasteiger partial charge in [-0.05, 0) is 77.0 Å². The lowest BCUT2D eigenvalue weighted by molar-refractivity contribution is -0.167. The Hall–Kier alpha value is -2.63. The Morgan fingerprint density at radius 1 is 0.299 bits per heavy atom. The predicted molar refractivity (Wildman–Crippen MR) is 289 cm³/mol. The van der Waals surface area contributed by atoms with E-state index in [0.29, 0.717) is 19.3 Å². The van der Waals surface area contributed by atoms with Crippen molar-refractivity contribution in [2.75, 3.05) is 13.2 Å². The maximum atomic E-state index is 12.8. The molecule has 0 amide bonds. The first-order valence-electron chi connectivity index (χ1n) is 29.1. The Morgan fingerprint density at radius 2 is 0.552 bits per heavy atom. The van der Waals surface area contributed by atoms with Crippen LogP contribution in [0.3, 0.4) is 0 Å². The van der Waals surface area contributed by atoms with Crippen molar-refractivity contribution in [2.24, 2.45) is 0 Å². The van der Waals surface area contributed by atoms with Crippen LogP contribution in [0, 0.1) is 0 Å². The Labute approximate surface area is 416 Å². The second kappa shape index (κ2) is 56.0. The summed E-state index contributed by atoms with van der Waals surface area (Å²) in [5, 5.41) is 0. The standard InChI is InChI=1S/C61H110O6/c1-4-7-10-13-16-19-22-25-27-29-30-32-33-36-39-42-45-48-51-54-60(63)66-57-58(56-65-59(62)53-50-47-44-41-38-35-24-21-18-15-12-9-6-3)67-61(64)55-52-49-46-43-40-37-34-31-28-26-23-20-17-14-11-8-5-2/h21,24,26,28,34,37,43,46,58H,4-20,22-23,25,27,29-33,35-36,38-42,44-45,47-57H2,1-3H3/b24-21-,28-26-,37-34-,46-43-/t58-/m1/s1. The highest BCUT2D eigenvalue weighted by Gasteiger charge is 2.19. The molecule has 0 aliphatic rings. The SMILES string of the molecule is CCCCCC/C=C\CCCCCCCC(=O)OC[C@H](COC(=O)CCCCCCCCCCCCCCCCCCCCC)OC(=O)CCC/C=C\C/C=C\C/C=C\CCCCCCCC. The van der Waals surface area contributed by atoms with E-state index in [0.717, 1.165) is 64.2 Å². The van der Waals surface area contributed by atoms with E-state index >= 15 is 0 Å². The van der Waals surface area contributed by atoms with E-state index in [1.165, 1.54) is 193 Å².